The van der Waals surface area contributed by atoms with E-state index in [2.05, 4.69) is 23.6 Å². The van der Waals surface area contributed by atoms with Gasteiger partial charge in [-0.15, -0.1) is 0 Å². The van der Waals surface area contributed by atoms with E-state index in [-0.39, 0.29) is 17.7 Å². The highest BCUT2D eigenvalue weighted by Crippen LogP contribution is 2.33. The van der Waals surface area contributed by atoms with Gasteiger partial charge >= 0.3 is 6.18 Å². The Morgan fingerprint density at radius 3 is 2.03 bits per heavy atom. The van der Waals surface area contributed by atoms with E-state index in [9.17, 15) is 17.6 Å². The molecule has 4 aromatic carbocycles. The monoisotopic (exact) mass is 531 g/mol. The topological polar surface area (TPSA) is 3.24 Å². The van der Waals surface area contributed by atoms with Crippen molar-refractivity contribution in [1.82, 2.24) is 4.90 Å². The number of hydrogen-bond acceptors (Lipinski definition) is 1. The summed E-state index contributed by atoms with van der Waals surface area (Å²) in [6.45, 7) is 7.03. The third-order valence-electron chi connectivity index (χ3n) is 7.42. The minimum atomic E-state index is -4.35. The molecule has 0 radical (unpaired) electrons. The largest absolute Gasteiger partial charge is 0.416 e. The van der Waals surface area contributed by atoms with Gasteiger partial charge in [-0.2, -0.15) is 13.2 Å². The SMILES string of the molecule is C=C([C@@H](C)c1ccc(-c2ccccc2)c(F)c1)N(C)CC[C@H](Cc1ccc(C(F)(F)F)cc1)c1ccccc1. The summed E-state index contributed by atoms with van der Waals surface area (Å²) >= 11 is 0. The Bertz CT molecular complexity index is 1360. The van der Waals surface area contributed by atoms with Gasteiger partial charge in [0.25, 0.3) is 0 Å². The van der Waals surface area contributed by atoms with Crippen LogP contribution >= 0.6 is 0 Å². The van der Waals surface area contributed by atoms with Crippen LogP contribution in [0.1, 0.15) is 47.4 Å². The summed E-state index contributed by atoms with van der Waals surface area (Å²) in [5, 5.41) is 0. The zero-order chi connectivity index (χ0) is 28.0. The van der Waals surface area contributed by atoms with Crippen molar-refractivity contribution < 1.29 is 17.6 Å². The van der Waals surface area contributed by atoms with Gasteiger partial charge in [0.1, 0.15) is 5.82 Å². The molecule has 0 saturated carbocycles. The van der Waals surface area contributed by atoms with Gasteiger partial charge in [0.15, 0.2) is 0 Å². The Kier molecular flexibility index (Phi) is 8.90. The molecule has 0 saturated heterocycles. The Morgan fingerprint density at radius 1 is 0.821 bits per heavy atom. The first-order valence-corrected chi connectivity index (χ1v) is 13.1. The van der Waals surface area contributed by atoms with Crippen molar-refractivity contribution in [2.45, 2.75) is 37.8 Å². The van der Waals surface area contributed by atoms with Crippen molar-refractivity contribution in [3.05, 3.63) is 143 Å². The summed E-state index contributed by atoms with van der Waals surface area (Å²) in [7, 11) is 1.98. The number of likely N-dealkylation sites (N-methyl/N-ethyl adjacent to an activating group) is 1. The molecule has 0 aliphatic rings. The molecule has 202 valence electrons. The standard InChI is InChI=1S/C34H33F4N/c1-24(29-16-19-32(33(35)23-29)28-12-8-5-9-13-28)25(2)39(3)21-20-30(27-10-6-4-7-11-27)22-26-14-17-31(18-15-26)34(36,37)38/h4-19,23-24,30H,2,20-22H2,1,3H3/t24-,30-/m1/s1. The van der Waals surface area contributed by atoms with Gasteiger partial charge in [-0.1, -0.05) is 98.4 Å². The van der Waals surface area contributed by atoms with Gasteiger partial charge in [0.05, 0.1) is 5.56 Å². The summed E-state index contributed by atoms with van der Waals surface area (Å²) in [5.74, 6) is -0.225. The fourth-order valence-electron chi connectivity index (χ4n) is 4.89. The van der Waals surface area contributed by atoms with E-state index in [1.54, 1.807) is 18.2 Å². The molecule has 0 spiro atoms. The number of rotatable bonds is 10. The molecule has 0 heterocycles. The van der Waals surface area contributed by atoms with Crippen LogP contribution in [0.5, 0.6) is 0 Å². The average molecular weight is 532 g/mol. The van der Waals surface area contributed by atoms with E-state index in [4.69, 9.17) is 0 Å². The predicted molar refractivity (Wildman–Crippen MR) is 151 cm³/mol. The second-order valence-electron chi connectivity index (χ2n) is 10.0. The van der Waals surface area contributed by atoms with Gasteiger partial charge in [0.2, 0.25) is 0 Å². The molecule has 0 bridgehead atoms. The zero-order valence-corrected chi connectivity index (χ0v) is 22.3. The predicted octanol–water partition coefficient (Wildman–Crippen LogP) is 9.48. The van der Waals surface area contributed by atoms with Crippen LogP contribution in [-0.4, -0.2) is 18.5 Å². The lowest BCUT2D eigenvalue weighted by molar-refractivity contribution is -0.137. The second-order valence-corrected chi connectivity index (χ2v) is 10.0. The molecule has 39 heavy (non-hydrogen) atoms. The van der Waals surface area contributed by atoms with Crippen molar-refractivity contribution in [2.75, 3.05) is 13.6 Å². The molecule has 0 unspecified atom stereocenters. The van der Waals surface area contributed by atoms with Crippen LogP contribution in [-0.2, 0) is 12.6 Å². The Morgan fingerprint density at radius 2 is 1.44 bits per heavy atom. The van der Waals surface area contributed by atoms with Gasteiger partial charge < -0.3 is 4.90 Å². The minimum absolute atomic E-state index is 0.0839. The zero-order valence-electron chi connectivity index (χ0n) is 22.3. The third kappa shape index (κ3) is 7.17. The molecule has 0 aliphatic heterocycles. The smallest absolute Gasteiger partial charge is 0.378 e. The van der Waals surface area contributed by atoms with Crippen LogP contribution in [0.3, 0.4) is 0 Å². The molecule has 4 aromatic rings. The fourth-order valence-corrected chi connectivity index (χ4v) is 4.89. The summed E-state index contributed by atoms with van der Waals surface area (Å²) in [6.07, 6.45) is -2.93. The van der Waals surface area contributed by atoms with Gasteiger partial charge in [-0.25, -0.2) is 4.39 Å². The van der Waals surface area contributed by atoms with Crippen LogP contribution in [0.25, 0.3) is 11.1 Å². The van der Waals surface area contributed by atoms with E-state index in [1.165, 1.54) is 0 Å². The lowest BCUT2D eigenvalue weighted by Gasteiger charge is -2.29. The van der Waals surface area contributed by atoms with Crippen LogP contribution in [0.4, 0.5) is 17.6 Å². The molecular weight excluding hydrogens is 498 g/mol. The number of allylic oxidation sites excluding steroid dienone is 1. The molecule has 5 heteroatoms. The molecule has 4 rings (SSSR count). The molecule has 0 amide bonds. The Hall–Kier alpha value is -3.86. The highest BCUT2D eigenvalue weighted by molar-refractivity contribution is 5.64. The minimum Gasteiger partial charge on any atom is -0.378 e. The van der Waals surface area contributed by atoms with Crippen molar-refractivity contribution in [3.63, 3.8) is 0 Å². The lowest BCUT2D eigenvalue weighted by Crippen LogP contribution is -2.24. The maximum Gasteiger partial charge on any atom is 0.416 e. The third-order valence-corrected chi connectivity index (χ3v) is 7.42. The number of halogens is 4. The Balaban J connectivity index is 1.44. The molecule has 0 aromatic heterocycles. The van der Waals surface area contributed by atoms with Gasteiger partial charge in [0, 0.05) is 30.8 Å². The van der Waals surface area contributed by atoms with E-state index in [1.807, 2.05) is 74.6 Å². The van der Waals surface area contributed by atoms with Crippen LogP contribution in [0, 0.1) is 5.82 Å². The van der Waals surface area contributed by atoms with Crippen LogP contribution < -0.4 is 0 Å². The summed E-state index contributed by atoms with van der Waals surface area (Å²) in [4.78, 5) is 2.09. The Labute approximate surface area is 228 Å². The number of hydrogen-bond donors (Lipinski definition) is 0. The quantitative estimate of drug-likeness (QED) is 0.184. The van der Waals surface area contributed by atoms with Gasteiger partial charge in [-0.05, 0) is 59.2 Å². The van der Waals surface area contributed by atoms with E-state index >= 15 is 0 Å². The second kappa shape index (κ2) is 12.3. The maximum absolute atomic E-state index is 15.0. The highest BCUT2D eigenvalue weighted by Gasteiger charge is 2.30. The van der Waals surface area contributed by atoms with Crippen molar-refractivity contribution in [2.24, 2.45) is 0 Å². The van der Waals surface area contributed by atoms with E-state index in [0.29, 0.717) is 18.5 Å². The first-order chi connectivity index (χ1) is 18.6. The highest BCUT2D eigenvalue weighted by atomic mass is 19.4. The van der Waals surface area contributed by atoms with Crippen molar-refractivity contribution >= 4 is 0 Å². The van der Waals surface area contributed by atoms with E-state index in [0.717, 1.165) is 46.5 Å². The fraction of sp³-hybridized carbons (Fsp3) is 0.235. The van der Waals surface area contributed by atoms with E-state index < -0.39 is 11.7 Å². The summed E-state index contributed by atoms with van der Waals surface area (Å²) in [6, 6.07) is 30.3. The summed E-state index contributed by atoms with van der Waals surface area (Å²) in [5.41, 5.74) is 4.51. The molecule has 0 N–H and O–H groups in total. The van der Waals surface area contributed by atoms with Crippen molar-refractivity contribution in [3.8, 4) is 11.1 Å². The molecule has 0 aliphatic carbocycles. The lowest BCUT2D eigenvalue weighted by atomic mass is 9.88. The van der Waals surface area contributed by atoms with Crippen LogP contribution in [0.15, 0.2) is 115 Å². The normalized spacial score (nSPS) is 13.1. The first-order valence-electron chi connectivity index (χ1n) is 13.1. The molecule has 2 atom stereocenters. The maximum atomic E-state index is 15.0. The molecule has 1 nitrogen and oxygen atoms in total. The van der Waals surface area contributed by atoms with Gasteiger partial charge in [-0.3, -0.25) is 0 Å². The van der Waals surface area contributed by atoms with Crippen LogP contribution in [0.2, 0.25) is 0 Å². The van der Waals surface area contributed by atoms with Crippen molar-refractivity contribution in [1.29, 1.82) is 0 Å². The molecule has 0 fully saturated rings. The number of alkyl halides is 3. The number of nitrogens with zero attached hydrogens (tertiary/aromatic N) is 1. The molecular formula is C34H33F4N. The summed E-state index contributed by atoms with van der Waals surface area (Å²) < 4.78 is 54.0. The number of benzene rings is 4. The average Bonchev–Trinajstić information content (AvgIpc) is 2.95. The first kappa shape index (κ1) is 28.2.